The first-order valence-electron chi connectivity index (χ1n) is 4.13. The van der Waals surface area contributed by atoms with Crippen LogP contribution in [-0.2, 0) is 4.74 Å². The fourth-order valence-corrected chi connectivity index (χ4v) is 1.17. The Labute approximate surface area is 87.0 Å². The fourth-order valence-electron chi connectivity index (χ4n) is 0.925. The molecule has 0 fully saturated rings. The Balaban J connectivity index is 3.00. The van der Waals surface area contributed by atoms with Crippen LogP contribution < -0.4 is 5.73 Å². The van der Waals surface area contributed by atoms with Crippen LogP contribution >= 0.6 is 11.6 Å². The number of carbonyl (C=O) groups is 1. The molecule has 0 unspecified atom stereocenters. The van der Waals surface area contributed by atoms with Gasteiger partial charge in [0.05, 0.1) is 11.8 Å². The molecular weight excluding hydrogens is 204 g/mol. The Morgan fingerprint density at radius 1 is 1.64 bits per heavy atom. The highest BCUT2D eigenvalue weighted by Gasteiger charge is 2.17. The van der Waals surface area contributed by atoms with E-state index in [-0.39, 0.29) is 22.5 Å². The molecule has 14 heavy (non-hydrogen) atoms. The van der Waals surface area contributed by atoms with E-state index in [1.165, 1.54) is 12.3 Å². The van der Waals surface area contributed by atoms with E-state index in [0.29, 0.717) is 0 Å². The molecule has 0 atom stereocenters. The van der Waals surface area contributed by atoms with Crippen LogP contribution in [-0.4, -0.2) is 17.1 Å². The smallest absolute Gasteiger partial charge is 0.343 e. The van der Waals surface area contributed by atoms with Gasteiger partial charge in [0.1, 0.15) is 10.7 Å². The molecule has 0 amide bonds. The van der Waals surface area contributed by atoms with E-state index in [9.17, 15) is 4.79 Å². The van der Waals surface area contributed by atoms with Gasteiger partial charge in [0, 0.05) is 6.20 Å². The second-order valence-electron chi connectivity index (χ2n) is 3.02. The summed E-state index contributed by atoms with van der Waals surface area (Å²) < 4.78 is 4.95. The first-order chi connectivity index (χ1) is 6.52. The molecule has 0 aliphatic rings. The Bertz CT molecular complexity index is 332. The fraction of sp³-hybridized carbons (Fsp3) is 0.333. The van der Waals surface area contributed by atoms with Gasteiger partial charge in [-0.05, 0) is 19.9 Å². The topological polar surface area (TPSA) is 65.2 Å². The summed E-state index contributed by atoms with van der Waals surface area (Å²) in [5.41, 5.74) is 5.97. The van der Waals surface area contributed by atoms with Gasteiger partial charge in [0.25, 0.3) is 0 Å². The first-order valence-corrected chi connectivity index (χ1v) is 4.51. The van der Waals surface area contributed by atoms with E-state index in [4.69, 9.17) is 22.1 Å². The second kappa shape index (κ2) is 4.28. The lowest BCUT2D eigenvalue weighted by atomic mass is 10.2. The van der Waals surface area contributed by atoms with Crippen LogP contribution in [0.1, 0.15) is 24.2 Å². The number of halogens is 1. The van der Waals surface area contributed by atoms with Gasteiger partial charge < -0.3 is 10.5 Å². The van der Waals surface area contributed by atoms with Crippen LogP contribution in [0.2, 0.25) is 5.15 Å². The minimum absolute atomic E-state index is 0.0654. The van der Waals surface area contributed by atoms with Crippen LogP contribution in [0.4, 0.5) is 5.69 Å². The lowest BCUT2D eigenvalue weighted by Crippen LogP contribution is -2.14. The molecule has 5 heteroatoms. The second-order valence-corrected chi connectivity index (χ2v) is 3.38. The Morgan fingerprint density at radius 3 is 2.79 bits per heavy atom. The van der Waals surface area contributed by atoms with Gasteiger partial charge in [-0.1, -0.05) is 11.6 Å². The number of ether oxygens (including phenoxy) is 1. The van der Waals surface area contributed by atoms with Gasteiger partial charge in [-0.15, -0.1) is 0 Å². The number of carbonyl (C=O) groups excluding carboxylic acids is 1. The molecule has 0 spiro atoms. The summed E-state index contributed by atoms with van der Waals surface area (Å²) in [5.74, 6) is -0.546. The predicted molar refractivity (Wildman–Crippen MR) is 54.2 cm³/mol. The number of pyridine rings is 1. The molecule has 4 nitrogen and oxygen atoms in total. The Kier molecular flexibility index (Phi) is 3.30. The molecule has 0 radical (unpaired) electrons. The number of nitrogen functional groups attached to an aromatic ring is 1. The molecule has 76 valence electrons. The summed E-state index contributed by atoms with van der Waals surface area (Å²) in [6.45, 7) is 3.50. The summed E-state index contributed by atoms with van der Waals surface area (Å²) in [6.07, 6.45) is 1.22. The van der Waals surface area contributed by atoms with E-state index in [1.54, 1.807) is 13.8 Å². The average Bonchev–Trinajstić information content (AvgIpc) is 2.01. The number of esters is 1. The lowest BCUT2D eigenvalue weighted by molar-refractivity contribution is 0.0379. The molecule has 0 aliphatic heterocycles. The van der Waals surface area contributed by atoms with E-state index in [2.05, 4.69) is 4.98 Å². The summed E-state index contributed by atoms with van der Waals surface area (Å²) in [5, 5.41) is 0.0654. The summed E-state index contributed by atoms with van der Waals surface area (Å²) >= 11 is 5.72. The molecule has 2 N–H and O–H groups in total. The maximum Gasteiger partial charge on any atom is 0.343 e. The van der Waals surface area contributed by atoms with Crippen LogP contribution in [0.3, 0.4) is 0 Å². The maximum atomic E-state index is 11.5. The number of nitrogens with two attached hydrogens (primary N) is 1. The van der Waals surface area contributed by atoms with E-state index < -0.39 is 5.97 Å². The third kappa shape index (κ3) is 2.35. The maximum absolute atomic E-state index is 11.5. The summed E-state index contributed by atoms with van der Waals surface area (Å²) in [4.78, 5) is 15.2. The standard InChI is InChI=1S/C9H11ClN2O2/c1-5(2)14-9(13)7-6(11)3-4-12-8(7)10/h3-5H,1-2H3,(H2,11,12). The van der Waals surface area contributed by atoms with E-state index >= 15 is 0 Å². The molecule has 1 heterocycles. The number of anilines is 1. The van der Waals surface area contributed by atoms with Crippen LogP contribution in [0.25, 0.3) is 0 Å². The number of nitrogens with zero attached hydrogens (tertiary/aromatic N) is 1. The molecule has 1 rings (SSSR count). The summed E-state index contributed by atoms with van der Waals surface area (Å²) in [6, 6.07) is 1.50. The highest BCUT2D eigenvalue weighted by Crippen LogP contribution is 2.20. The molecule has 1 aromatic heterocycles. The monoisotopic (exact) mass is 214 g/mol. The van der Waals surface area contributed by atoms with Crippen LogP contribution in [0.5, 0.6) is 0 Å². The first kappa shape index (κ1) is 10.8. The molecule has 1 aromatic rings. The molecule has 0 saturated heterocycles. The zero-order valence-electron chi connectivity index (χ0n) is 7.95. The van der Waals surface area contributed by atoms with Crippen molar-refractivity contribution in [1.82, 2.24) is 4.98 Å². The van der Waals surface area contributed by atoms with Crippen molar-refractivity contribution in [2.45, 2.75) is 20.0 Å². The third-order valence-corrected chi connectivity index (χ3v) is 1.77. The summed E-state index contributed by atoms with van der Waals surface area (Å²) in [7, 11) is 0. The minimum Gasteiger partial charge on any atom is -0.459 e. The lowest BCUT2D eigenvalue weighted by Gasteiger charge is -2.09. The molecule has 0 aliphatic carbocycles. The van der Waals surface area contributed by atoms with Gasteiger partial charge in [0.2, 0.25) is 0 Å². The minimum atomic E-state index is -0.546. The van der Waals surface area contributed by atoms with Gasteiger partial charge in [-0.2, -0.15) is 0 Å². The van der Waals surface area contributed by atoms with E-state index in [1.807, 2.05) is 0 Å². The normalized spacial score (nSPS) is 10.3. The van der Waals surface area contributed by atoms with Crippen LogP contribution in [0.15, 0.2) is 12.3 Å². The van der Waals surface area contributed by atoms with Crippen molar-refractivity contribution in [3.63, 3.8) is 0 Å². The van der Waals surface area contributed by atoms with Crippen molar-refractivity contribution in [3.8, 4) is 0 Å². The number of hydrogen-bond acceptors (Lipinski definition) is 4. The average molecular weight is 215 g/mol. The third-order valence-electron chi connectivity index (χ3n) is 1.48. The van der Waals surface area contributed by atoms with Gasteiger partial charge in [-0.3, -0.25) is 0 Å². The van der Waals surface area contributed by atoms with Crippen molar-refractivity contribution in [1.29, 1.82) is 0 Å². The van der Waals surface area contributed by atoms with Gasteiger partial charge in [-0.25, -0.2) is 9.78 Å². The highest BCUT2D eigenvalue weighted by molar-refractivity contribution is 6.33. The predicted octanol–water partition coefficient (Wildman–Crippen LogP) is 1.88. The van der Waals surface area contributed by atoms with Crippen molar-refractivity contribution < 1.29 is 9.53 Å². The van der Waals surface area contributed by atoms with Crippen molar-refractivity contribution in [2.75, 3.05) is 5.73 Å². The van der Waals surface area contributed by atoms with Crippen molar-refractivity contribution in [2.24, 2.45) is 0 Å². The zero-order valence-corrected chi connectivity index (χ0v) is 8.71. The number of rotatable bonds is 2. The van der Waals surface area contributed by atoms with Gasteiger partial charge >= 0.3 is 5.97 Å². The number of hydrogen-bond donors (Lipinski definition) is 1. The number of aromatic nitrogens is 1. The molecule has 0 aromatic carbocycles. The quantitative estimate of drug-likeness (QED) is 0.603. The van der Waals surface area contributed by atoms with E-state index in [0.717, 1.165) is 0 Å². The molecular formula is C9H11ClN2O2. The van der Waals surface area contributed by atoms with Crippen LogP contribution in [0, 0.1) is 0 Å². The highest BCUT2D eigenvalue weighted by atomic mass is 35.5. The SMILES string of the molecule is CC(C)OC(=O)c1c(N)ccnc1Cl. The van der Waals surface area contributed by atoms with Crippen molar-refractivity contribution >= 4 is 23.3 Å². The Morgan fingerprint density at radius 2 is 2.29 bits per heavy atom. The largest absolute Gasteiger partial charge is 0.459 e. The molecule has 0 saturated carbocycles. The van der Waals surface area contributed by atoms with Gasteiger partial charge in [0.15, 0.2) is 0 Å². The molecule has 0 bridgehead atoms. The Hall–Kier alpha value is -1.29. The van der Waals surface area contributed by atoms with Crippen molar-refractivity contribution in [3.05, 3.63) is 23.0 Å². The zero-order chi connectivity index (χ0) is 10.7.